The van der Waals surface area contributed by atoms with Gasteiger partial charge in [-0.3, -0.25) is 9.59 Å². The van der Waals surface area contributed by atoms with Crippen molar-refractivity contribution in [2.45, 2.75) is 25.7 Å². The highest BCUT2D eigenvalue weighted by Gasteiger charge is 2.34. The summed E-state index contributed by atoms with van der Waals surface area (Å²) >= 11 is 9.06. The molecule has 1 aliphatic heterocycles. The number of benzene rings is 1. The number of aromatic nitrogens is 2. The molecule has 1 fully saturated rings. The van der Waals surface area contributed by atoms with Crippen LogP contribution in [0.5, 0.6) is 0 Å². The summed E-state index contributed by atoms with van der Waals surface area (Å²) in [5.74, 6) is -0.139. The number of nitrogens with one attached hydrogen (secondary N) is 1. The van der Waals surface area contributed by atoms with E-state index < -0.39 is 0 Å². The van der Waals surface area contributed by atoms with Crippen LogP contribution < -0.4 is 10.2 Å². The highest BCUT2D eigenvalue weighted by Crippen LogP contribution is 2.35. The first kappa shape index (κ1) is 19.0. The molecule has 0 aliphatic carbocycles. The molecule has 1 aromatic carbocycles. The maximum Gasteiger partial charge on any atom is 0.231 e. The second-order valence-corrected chi connectivity index (χ2v) is 9.04. The fraction of sp³-hybridized carbons (Fsp3) is 0.263. The fourth-order valence-electron chi connectivity index (χ4n) is 3.06. The van der Waals surface area contributed by atoms with Gasteiger partial charge in [0, 0.05) is 34.5 Å². The Morgan fingerprint density at radius 2 is 2.21 bits per heavy atom. The van der Waals surface area contributed by atoms with Gasteiger partial charge in [-0.1, -0.05) is 35.1 Å². The highest BCUT2D eigenvalue weighted by molar-refractivity contribution is 7.15. The number of rotatable bonds is 5. The molecule has 1 aliphatic rings. The molecule has 4 rings (SSSR count). The normalized spacial score (nSPS) is 16.6. The first-order valence-corrected chi connectivity index (χ1v) is 10.8. The van der Waals surface area contributed by atoms with Crippen LogP contribution in [-0.2, 0) is 16.0 Å². The van der Waals surface area contributed by atoms with E-state index in [1.807, 2.05) is 42.6 Å². The molecule has 3 aromatic rings. The van der Waals surface area contributed by atoms with Crippen LogP contribution in [0.15, 0.2) is 35.7 Å². The second kappa shape index (κ2) is 7.98. The van der Waals surface area contributed by atoms with Crippen molar-refractivity contribution in [3.8, 4) is 0 Å². The van der Waals surface area contributed by atoms with Crippen molar-refractivity contribution in [3.05, 3.63) is 56.2 Å². The van der Waals surface area contributed by atoms with Crippen molar-refractivity contribution in [1.82, 2.24) is 10.2 Å². The Morgan fingerprint density at radius 3 is 2.96 bits per heavy atom. The standard InChI is InChI=1S/C19H17ClN4O2S2/c1-11-4-5-13(8-15(11)20)24-10-12(7-17(24)26)18-22-23-19(28-18)21-16(25)9-14-3-2-6-27-14/h2-6,8,12H,7,9-10H2,1H3,(H,21,23,25)/t12-/m0/s1. The van der Waals surface area contributed by atoms with Gasteiger partial charge in [0.05, 0.1) is 6.42 Å². The van der Waals surface area contributed by atoms with Gasteiger partial charge >= 0.3 is 0 Å². The van der Waals surface area contributed by atoms with Gasteiger partial charge in [0.2, 0.25) is 16.9 Å². The minimum atomic E-state index is -0.122. The lowest BCUT2D eigenvalue weighted by atomic mass is 10.1. The number of nitrogens with zero attached hydrogens (tertiary/aromatic N) is 3. The number of hydrogen-bond acceptors (Lipinski definition) is 6. The van der Waals surface area contributed by atoms with Gasteiger partial charge in [-0.25, -0.2) is 0 Å². The Hall–Kier alpha value is -2.29. The van der Waals surface area contributed by atoms with Gasteiger partial charge in [0.25, 0.3) is 0 Å². The van der Waals surface area contributed by atoms with Gasteiger partial charge in [-0.05, 0) is 36.1 Å². The first-order valence-electron chi connectivity index (χ1n) is 8.72. The van der Waals surface area contributed by atoms with Gasteiger partial charge in [-0.2, -0.15) is 0 Å². The van der Waals surface area contributed by atoms with Crippen molar-refractivity contribution in [1.29, 1.82) is 0 Å². The fourth-order valence-corrected chi connectivity index (χ4v) is 4.79. The lowest BCUT2D eigenvalue weighted by molar-refractivity contribution is -0.117. The van der Waals surface area contributed by atoms with Crippen LogP contribution in [0.4, 0.5) is 10.8 Å². The van der Waals surface area contributed by atoms with E-state index in [1.54, 1.807) is 16.2 Å². The van der Waals surface area contributed by atoms with E-state index in [9.17, 15) is 9.59 Å². The molecular formula is C19H17ClN4O2S2. The summed E-state index contributed by atoms with van der Waals surface area (Å²) in [7, 11) is 0. The number of carbonyl (C=O) groups is 2. The SMILES string of the molecule is Cc1ccc(N2C[C@@H](c3nnc(NC(=O)Cc4cccs4)s3)CC2=O)cc1Cl. The van der Waals surface area contributed by atoms with E-state index in [0.717, 1.165) is 21.1 Å². The van der Waals surface area contributed by atoms with Crippen LogP contribution in [0.1, 0.15) is 27.8 Å². The number of aryl methyl sites for hydroxylation is 1. The molecule has 0 saturated carbocycles. The zero-order valence-electron chi connectivity index (χ0n) is 15.0. The van der Waals surface area contributed by atoms with E-state index in [1.165, 1.54) is 11.3 Å². The van der Waals surface area contributed by atoms with Crippen molar-refractivity contribution < 1.29 is 9.59 Å². The van der Waals surface area contributed by atoms with Crippen molar-refractivity contribution in [2.24, 2.45) is 0 Å². The summed E-state index contributed by atoms with van der Waals surface area (Å²) < 4.78 is 0. The third-order valence-electron chi connectivity index (χ3n) is 4.54. The van der Waals surface area contributed by atoms with Gasteiger partial charge in [0.15, 0.2) is 0 Å². The quantitative estimate of drug-likeness (QED) is 0.653. The van der Waals surface area contributed by atoms with E-state index >= 15 is 0 Å². The lowest BCUT2D eigenvalue weighted by Crippen LogP contribution is -2.24. The number of carbonyl (C=O) groups excluding carboxylic acids is 2. The number of halogens is 1. The Balaban J connectivity index is 1.42. The van der Waals surface area contributed by atoms with E-state index in [0.29, 0.717) is 29.5 Å². The highest BCUT2D eigenvalue weighted by atomic mass is 35.5. The van der Waals surface area contributed by atoms with E-state index in [2.05, 4.69) is 15.5 Å². The smallest absolute Gasteiger partial charge is 0.231 e. The molecule has 2 aromatic heterocycles. The average molecular weight is 433 g/mol. The van der Waals surface area contributed by atoms with E-state index in [-0.39, 0.29) is 17.7 Å². The van der Waals surface area contributed by atoms with Crippen LogP contribution in [-0.4, -0.2) is 28.6 Å². The summed E-state index contributed by atoms with van der Waals surface area (Å²) in [4.78, 5) is 27.3. The molecule has 6 nitrogen and oxygen atoms in total. The molecule has 1 N–H and O–H groups in total. The number of hydrogen-bond donors (Lipinski definition) is 1. The van der Waals surface area contributed by atoms with Gasteiger partial charge in [-0.15, -0.1) is 21.5 Å². The maximum absolute atomic E-state index is 12.5. The Kier molecular flexibility index (Phi) is 5.43. The third-order valence-corrected chi connectivity index (χ3v) is 6.83. The molecule has 144 valence electrons. The van der Waals surface area contributed by atoms with Crippen LogP contribution in [0, 0.1) is 6.92 Å². The molecular weight excluding hydrogens is 416 g/mol. The van der Waals surface area contributed by atoms with Crippen molar-refractivity contribution in [2.75, 3.05) is 16.8 Å². The monoisotopic (exact) mass is 432 g/mol. The minimum Gasteiger partial charge on any atom is -0.312 e. The van der Waals surface area contributed by atoms with Gasteiger partial charge in [0.1, 0.15) is 5.01 Å². The summed E-state index contributed by atoms with van der Waals surface area (Å²) in [6, 6.07) is 9.46. The van der Waals surface area contributed by atoms with Crippen LogP contribution >= 0.6 is 34.3 Å². The minimum absolute atomic E-state index is 0.0309. The molecule has 0 unspecified atom stereocenters. The first-order chi connectivity index (χ1) is 13.5. The maximum atomic E-state index is 12.5. The summed E-state index contributed by atoms with van der Waals surface area (Å²) in [5, 5.41) is 14.8. The van der Waals surface area contributed by atoms with Crippen molar-refractivity contribution >= 4 is 56.9 Å². The predicted molar refractivity (Wildman–Crippen MR) is 112 cm³/mol. The number of anilines is 2. The number of amides is 2. The van der Waals surface area contributed by atoms with Crippen molar-refractivity contribution in [3.63, 3.8) is 0 Å². The summed E-state index contributed by atoms with van der Waals surface area (Å²) in [6.45, 7) is 2.45. The average Bonchev–Trinajstić information content (AvgIpc) is 3.39. The molecule has 28 heavy (non-hydrogen) atoms. The molecule has 2 amide bonds. The molecule has 1 saturated heterocycles. The van der Waals surface area contributed by atoms with Crippen LogP contribution in [0.3, 0.4) is 0 Å². The Bertz CT molecular complexity index is 1020. The summed E-state index contributed by atoms with van der Waals surface area (Å²) in [6.07, 6.45) is 0.680. The van der Waals surface area contributed by atoms with E-state index in [4.69, 9.17) is 11.6 Å². The predicted octanol–water partition coefficient (Wildman–Crippen LogP) is 4.26. The largest absolute Gasteiger partial charge is 0.312 e. The Labute approximate surface area is 175 Å². The molecule has 1 atom stereocenters. The molecule has 3 heterocycles. The topological polar surface area (TPSA) is 75.2 Å². The molecule has 0 radical (unpaired) electrons. The zero-order valence-corrected chi connectivity index (χ0v) is 17.4. The Morgan fingerprint density at radius 1 is 1.36 bits per heavy atom. The third kappa shape index (κ3) is 4.09. The molecule has 0 spiro atoms. The van der Waals surface area contributed by atoms with Gasteiger partial charge < -0.3 is 10.2 Å². The van der Waals surface area contributed by atoms with Crippen LogP contribution in [0.25, 0.3) is 0 Å². The number of thiophene rings is 1. The zero-order chi connectivity index (χ0) is 19.7. The molecule has 9 heteroatoms. The summed E-state index contributed by atoms with van der Waals surface area (Å²) in [5.41, 5.74) is 1.76. The lowest BCUT2D eigenvalue weighted by Gasteiger charge is -2.17. The molecule has 0 bridgehead atoms. The van der Waals surface area contributed by atoms with Crippen LogP contribution in [0.2, 0.25) is 5.02 Å². The second-order valence-electron chi connectivity index (χ2n) is 6.59.